The van der Waals surface area contributed by atoms with Gasteiger partial charge in [0.1, 0.15) is 5.82 Å². The predicted molar refractivity (Wildman–Crippen MR) is 60.0 cm³/mol. The summed E-state index contributed by atoms with van der Waals surface area (Å²) in [6.45, 7) is 1.71. The third-order valence-electron chi connectivity index (χ3n) is 2.10. The van der Waals surface area contributed by atoms with Crippen molar-refractivity contribution in [3.8, 4) is 0 Å². The molecule has 0 saturated heterocycles. The summed E-state index contributed by atoms with van der Waals surface area (Å²) in [6.07, 6.45) is 0. The average Bonchev–Trinajstić information content (AvgIpc) is 2.15. The SMILES string of the molecule is Cc1cc(F)ccc1N(C)C(=N)NC(N)=O. The van der Waals surface area contributed by atoms with Crippen LogP contribution in [0.4, 0.5) is 14.9 Å². The normalized spacial score (nSPS) is 9.69. The fraction of sp³-hybridized carbons (Fsp3) is 0.200. The van der Waals surface area contributed by atoms with Crippen molar-refractivity contribution < 1.29 is 9.18 Å². The maximum Gasteiger partial charge on any atom is 0.318 e. The lowest BCUT2D eigenvalue weighted by Gasteiger charge is -2.21. The first-order chi connectivity index (χ1) is 7.41. The van der Waals surface area contributed by atoms with Gasteiger partial charge < -0.3 is 10.6 Å². The summed E-state index contributed by atoms with van der Waals surface area (Å²) in [7, 11) is 1.58. The number of nitrogens with one attached hydrogen (secondary N) is 2. The molecular weight excluding hydrogens is 211 g/mol. The van der Waals surface area contributed by atoms with Gasteiger partial charge in [0.05, 0.1) is 0 Å². The molecule has 2 amide bonds. The molecule has 0 spiro atoms. The van der Waals surface area contributed by atoms with Gasteiger partial charge in [-0.15, -0.1) is 0 Å². The van der Waals surface area contributed by atoms with Gasteiger partial charge in [-0.25, -0.2) is 9.18 Å². The highest BCUT2D eigenvalue weighted by Crippen LogP contribution is 2.19. The average molecular weight is 224 g/mol. The number of nitrogens with two attached hydrogens (primary N) is 1. The number of nitrogens with zero attached hydrogens (tertiary/aromatic N) is 1. The minimum Gasteiger partial charge on any atom is -0.351 e. The van der Waals surface area contributed by atoms with Crippen LogP contribution in [0.5, 0.6) is 0 Å². The van der Waals surface area contributed by atoms with Crippen LogP contribution in [0.1, 0.15) is 5.56 Å². The molecule has 1 aromatic carbocycles. The number of halogens is 1. The molecule has 0 radical (unpaired) electrons. The van der Waals surface area contributed by atoms with Crippen LogP contribution >= 0.6 is 0 Å². The maximum absolute atomic E-state index is 12.9. The van der Waals surface area contributed by atoms with Crippen LogP contribution in [0.15, 0.2) is 18.2 Å². The molecule has 6 heteroatoms. The summed E-state index contributed by atoms with van der Waals surface area (Å²) >= 11 is 0. The number of hydrogen-bond acceptors (Lipinski definition) is 2. The molecule has 0 unspecified atom stereocenters. The number of benzene rings is 1. The molecule has 0 fully saturated rings. The predicted octanol–water partition coefficient (Wildman–Crippen LogP) is 1.17. The number of guanidine groups is 1. The maximum atomic E-state index is 12.9. The Hall–Kier alpha value is -2.11. The molecule has 16 heavy (non-hydrogen) atoms. The van der Waals surface area contributed by atoms with Gasteiger partial charge in [0.15, 0.2) is 0 Å². The lowest BCUT2D eigenvalue weighted by atomic mass is 10.2. The minimum absolute atomic E-state index is 0.165. The van der Waals surface area contributed by atoms with Gasteiger partial charge in [0, 0.05) is 12.7 Å². The quantitative estimate of drug-likeness (QED) is 0.494. The number of anilines is 1. The number of carbonyl (C=O) groups is 1. The second kappa shape index (κ2) is 4.61. The van der Waals surface area contributed by atoms with Crippen LogP contribution in [0, 0.1) is 18.2 Å². The van der Waals surface area contributed by atoms with Crippen LogP contribution in [-0.4, -0.2) is 19.0 Å². The van der Waals surface area contributed by atoms with Crippen LogP contribution in [0.25, 0.3) is 0 Å². The topological polar surface area (TPSA) is 82.2 Å². The van der Waals surface area contributed by atoms with Crippen molar-refractivity contribution >= 4 is 17.7 Å². The Kier molecular flexibility index (Phi) is 3.44. The standard InChI is InChI=1S/C10H13FN4O/c1-6-5-7(11)3-4-8(6)15(2)9(12)14-10(13)16/h3-5H,1-2H3,(H4,12,13,14,16). The summed E-state index contributed by atoms with van der Waals surface area (Å²) in [4.78, 5) is 12.0. The molecular formula is C10H13FN4O. The molecule has 0 heterocycles. The van der Waals surface area contributed by atoms with E-state index in [9.17, 15) is 9.18 Å². The Balaban J connectivity index is 2.91. The Labute approximate surface area is 92.6 Å². The first-order valence-electron chi connectivity index (χ1n) is 4.56. The Morgan fingerprint density at radius 2 is 2.19 bits per heavy atom. The first kappa shape index (κ1) is 12.0. The van der Waals surface area contributed by atoms with E-state index < -0.39 is 6.03 Å². The van der Waals surface area contributed by atoms with Crippen LogP contribution in [-0.2, 0) is 0 Å². The molecule has 0 aromatic heterocycles. The number of hydrogen-bond donors (Lipinski definition) is 3. The zero-order valence-corrected chi connectivity index (χ0v) is 9.04. The van der Waals surface area contributed by atoms with E-state index in [-0.39, 0.29) is 11.8 Å². The first-order valence-corrected chi connectivity index (χ1v) is 4.56. The summed E-state index contributed by atoms with van der Waals surface area (Å²) in [5.41, 5.74) is 6.18. The lowest BCUT2D eigenvalue weighted by Crippen LogP contribution is -2.44. The zero-order valence-electron chi connectivity index (χ0n) is 9.04. The highest BCUT2D eigenvalue weighted by atomic mass is 19.1. The van der Waals surface area contributed by atoms with E-state index in [1.807, 2.05) is 0 Å². The van der Waals surface area contributed by atoms with Gasteiger partial charge >= 0.3 is 6.03 Å². The molecule has 86 valence electrons. The Morgan fingerprint density at radius 1 is 1.56 bits per heavy atom. The van der Waals surface area contributed by atoms with Gasteiger partial charge in [-0.3, -0.25) is 10.7 Å². The smallest absolute Gasteiger partial charge is 0.318 e. The van der Waals surface area contributed by atoms with E-state index in [0.717, 1.165) is 0 Å². The van der Waals surface area contributed by atoms with Crippen LogP contribution < -0.4 is 16.0 Å². The van der Waals surface area contributed by atoms with E-state index >= 15 is 0 Å². The van der Waals surface area contributed by atoms with Gasteiger partial charge in [-0.2, -0.15) is 0 Å². The highest BCUT2D eigenvalue weighted by molar-refractivity contribution is 6.03. The lowest BCUT2D eigenvalue weighted by molar-refractivity contribution is 0.253. The number of rotatable bonds is 1. The summed E-state index contributed by atoms with van der Waals surface area (Å²) in [5.74, 6) is -0.508. The number of carbonyl (C=O) groups excluding carboxylic acids is 1. The van der Waals surface area contributed by atoms with E-state index in [1.54, 1.807) is 14.0 Å². The van der Waals surface area contributed by atoms with Gasteiger partial charge in [0.2, 0.25) is 5.96 Å². The number of aryl methyl sites for hydroxylation is 1. The molecule has 1 rings (SSSR count). The number of urea groups is 1. The fourth-order valence-electron chi connectivity index (χ4n) is 1.32. The van der Waals surface area contributed by atoms with Crippen molar-refractivity contribution in [1.82, 2.24) is 5.32 Å². The van der Waals surface area contributed by atoms with Crippen molar-refractivity contribution in [2.45, 2.75) is 6.92 Å². The second-order valence-electron chi connectivity index (χ2n) is 3.33. The molecule has 4 N–H and O–H groups in total. The molecule has 0 aliphatic rings. The summed E-state index contributed by atoms with van der Waals surface area (Å²) in [5, 5.41) is 9.67. The van der Waals surface area contributed by atoms with Crippen LogP contribution in [0.3, 0.4) is 0 Å². The molecule has 5 nitrogen and oxygen atoms in total. The third kappa shape index (κ3) is 2.69. The molecule has 0 aliphatic heterocycles. The number of amides is 2. The Morgan fingerprint density at radius 3 is 2.69 bits per heavy atom. The molecule has 0 saturated carbocycles. The van der Waals surface area contributed by atoms with Crippen molar-refractivity contribution in [2.75, 3.05) is 11.9 Å². The second-order valence-corrected chi connectivity index (χ2v) is 3.33. The summed E-state index contributed by atoms with van der Waals surface area (Å²) in [6, 6.07) is 3.36. The van der Waals surface area contributed by atoms with Crippen LogP contribution in [0.2, 0.25) is 0 Å². The monoisotopic (exact) mass is 224 g/mol. The van der Waals surface area contributed by atoms with Crippen molar-refractivity contribution in [1.29, 1.82) is 5.41 Å². The third-order valence-corrected chi connectivity index (χ3v) is 2.10. The van der Waals surface area contributed by atoms with E-state index in [4.69, 9.17) is 11.1 Å². The van der Waals surface area contributed by atoms with Gasteiger partial charge in [-0.05, 0) is 30.7 Å². The fourth-order valence-corrected chi connectivity index (χ4v) is 1.32. The Bertz CT molecular complexity index is 433. The molecule has 0 atom stereocenters. The van der Waals surface area contributed by atoms with Gasteiger partial charge in [-0.1, -0.05) is 0 Å². The van der Waals surface area contributed by atoms with Crippen molar-refractivity contribution in [2.24, 2.45) is 5.73 Å². The van der Waals surface area contributed by atoms with Gasteiger partial charge in [0.25, 0.3) is 0 Å². The van der Waals surface area contributed by atoms with Crippen molar-refractivity contribution in [3.05, 3.63) is 29.6 Å². The highest BCUT2D eigenvalue weighted by Gasteiger charge is 2.11. The summed E-state index contributed by atoms with van der Waals surface area (Å²) < 4.78 is 12.9. The minimum atomic E-state index is -0.809. The van der Waals surface area contributed by atoms with E-state index in [1.165, 1.54) is 23.1 Å². The largest absolute Gasteiger partial charge is 0.351 e. The van der Waals surface area contributed by atoms with E-state index in [2.05, 4.69) is 5.32 Å². The zero-order chi connectivity index (χ0) is 12.3. The molecule has 0 bridgehead atoms. The number of primary amides is 1. The van der Waals surface area contributed by atoms with Crippen molar-refractivity contribution in [3.63, 3.8) is 0 Å². The van der Waals surface area contributed by atoms with E-state index in [0.29, 0.717) is 11.3 Å². The molecule has 0 aliphatic carbocycles. The molecule has 1 aromatic rings.